The highest BCUT2D eigenvalue weighted by Gasteiger charge is 2.18. The van der Waals surface area contributed by atoms with E-state index in [2.05, 4.69) is 21.2 Å². The lowest BCUT2D eigenvalue weighted by atomic mass is 10.0. The first kappa shape index (κ1) is 14.2. The van der Waals surface area contributed by atoms with Crippen LogP contribution in [-0.2, 0) is 0 Å². The molecule has 0 bridgehead atoms. The lowest BCUT2D eigenvalue weighted by Crippen LogP contribution is -2.17. The Morgan fingerprint density at radius 1 is 1.10 bits per heavy atom. The van der Waals surface area contributed by atoms with Gasteiger partial charge >= 0.3 is 0 Å². The van der Waals surface area contributed by atoms with Crippen molar-refractivity contribution in [1.82, 2.24) is 5.32 Å². The quantitative estimate of drug-likeness (QED) is 0.734. The van der Waals surface area contributed by atoms with Crippen LogP contribution in [0, 0.1) is 11.6 Å². The van der Waals surface area contributed by atoms with E-state index >= 15 is 0 Å². The molecule has 108 valence electrons. The van der Waals surface area contributed by atoms with Gasteiger partial charge in [0.2, 0.25) is 0 Å². The topological polar surface area (TPSA) is 25.2 Å². The van der Waals surface area contributed by atoms with E-state index in [1.807, 2.05) is 6.07 Å². The van der Waals surface area contributed by atoms with Gasteiger partial charge in [0.15, 0.2) is 0 Å². The second-order valence-electron chi connectivity index (χ2n) is 4.73. The van der Waals surface area contributed by atoms with Crippen molar-refractivity contribution < 1.29 is 13.2 Å². The average Bonchev–Trinajstić information content (AvgIpc) is 2.86. The van der Waals surface area contributed by atoms with Crippen LogP contribution in [0.25, 0.3) is 11.0 Å². The van der Waals surface area contributed by atoms with Gasteiger partial charge in [0.1, 0.15) is 23.0 Å². The van der Waals surface area contributed by atoms with Crippen LogP contribution in [0.1, 0.15) is 17.4 Å². The number of rotatable bonds is 3. The van der Waals surface area contributed by atoms with Crippen molar-refractivity contribution in [3.8, 4) is 0 Å². The zero-order valence-electron chi connectivity index (χ0n) is 11.2. The molecule has 1 atom stereocenters. The van der Waals surface area contributed by atoms with Gasteiger partial charge < -0.3 is 9.73 Å². The molecule has 0 radical (unpaired) electrons. The highest BCUT2D eigenvalue weighted by Crippen LogP contribution is 2.30. The summed E-state index contributed by atoms with van der Waals surface area (Å²) in [6.07, 6.45) is 0. The smallest absolute Gasteiger partial charge is 0.137 e. The summed E-state index contributed by atoms with van der Waals surface area (Å²) in [5.74, 6) is -0.0414. The Kier molecular flexibility index (Phi) is 3.78. The number of furan rings is 1. The molecule has 0 spiro atoms. The van der Waals surface area contributed by atoms with E-state index in [0.29, 0.717) is 21.2 Å². The Balaban J connectivity index is 2.06. The van der Waals surface area contributed by atoms with E-state index in [1.54, 1.807) is 25.2 Å². The van der Waals surface area contributed by atoms with Gasteiger partial charge in [-0.15, -0.1) is 0 Å². The molecule has 1 N–H and O–H groups in total. The molecule has 0 aliphatic heterocycles. The predicted molar refractivity (Wildman–Crippen MR) is 81.2 cm³/mol. The van der Waals surface area contributed by atoms with Crippen LogP contribution in [0.4, 0.5) is 8.78 Å². The van der Waals surface area contributed by atoms with E-state index in [4.69, 9.17) is 4.42 Å². The summed E-state index contributed by atoms with van der Waals surface area (Å²) in [7, 11) is 1.76. The minimum Gasteiger partial charge on any atom is -0.459 e. The average molecular weight is 352 g/mol. The number of fused-ring (bicyclic) bond motifs is 1. The van der Waals surface area contributed by atoms with Crippen LogP contribution in [-0.4, -0.2) is 7.05 Å². The van der Waals surface area contributed by atoms with E-state index in [1.165, 1.54) is 18.2 Å². The van der Waals surface area contributed by atoms with Crippen LogP contribution < -0.4 is 5.32 Å². The van der Waals surface area contributed by atoms with Gasteiger partial charge in [0.25, 0.3) is 0 Å². The van der Waals surface area contributed by atoms with Crippen LogP contribution >= 0.6 is 15.9 Å². The van der Waals surface area contributed by atoms with Gasteiger partial charge in [0.05, 0.1) is 10.5 Å². The van der Waals surface area contributed by atoms with Crippen molar-refractivity contribution in [3.05, 3.63) is 69.9 Å². The van der Waals surface area contributed by atoms with E-state index in [-0.39, 0.29) is 17.7 Å². The minimum absolute atomic E-state index is 0.303. The van der Waals surface area contributed by atoms with Gasteiger partial charge in [0, 0.05) is 5.39 Å². The molecule has 3 rings (SSSR count). The second kappa shape index (κ2) is 5.58. The maximum absolute atomic E-state index is 13.7. The maximum atomic E-state index is 13.7. The highest BCUT2D eigenvalue weighted by atomic mass is 79.9. The molecule has 3 aromatic rings. The number of hydrogen-bond acceptors (Lipinski definition) is 2. The molecular weight excluding hydrogens is 340 g/mol. The number of benzene rings is 2. The van der Waals surface area contributed by atoms with E-state index < -0.39 is 0 Å². The molecule has 0 amide bonds. The fourth-order valence-corrected chi connectivity index (χ4v) is 2.59. The summed E-state index contributed by atoms with van der Waals surface area (Å²) >= 11 is 3.13. The zero-order chi connectivity index (χ0) is 15.0. The lowest BCUT2D eigenvalue weighted by molar-refractivity contribution is 0.489. The summed E-state index contributed by atoms with van der Waals surface area (Å²) in [6.45, 7) is 0. The largest absolute Gasteiger partial charge is 0.459 e. The molecule has 0 saturated carbocycles. The van der Waals surface area contributed by atoms with Crippen molar-refractivity contribution >= 4 is 26.9 Å². The third-order valence-electron chi connectivity index (χ3n) is 3.35. The Hall–Kier alpha value is -1.72. The summed E-state index contributed by atoms with van der Waals surface area (Å²) in [5.41, 5.74) is 1.34. The summed E-state index contributed by atoms with van der Waals surface area (Å²) < 4.78 is 33.1. The zero-order valence-corrected chi connectivity index (χ0v) is 12.7. The van der Waals surface area contributed by atoms with Gasteiger partial charge in [-0.3, -0.25) is 0 Å². The molecular formula is C16H12BrF2NO. The molecule has 1 aromatic heterocycles. The standard InChI is InChI=1S/C16H12BrF2NO/c1-20-16(9-2-4-12(17)13(19)7-9)15-8-10-6-11(18)3-5-14(10)21-15/h2-8,16,20H,1H3. The third kappa shape index (κ3) is 2.71. The SMILES string of the molecule is CNC(c1ccc(Br)c(F)c1)c1cc2cc(F)ccc2o1. The molecule has 21 heavy (non-hydrogen) atoms. The fraction of sp³-hybridized carbons (Fsp3) is 0.125. The molecule has 0 aliphatic rings. The molecule has 0 fully saturated rings. The molecule has 1 heterocycles. The minimum atomic E-state index is -0.338. The van der Waals surface area contributed by atoms with Crippen LogP contribution in [0.2, 0.25) is 0 Å². The Bertz CT molecular complexity index is 800. The van der Waals surface area contributed by atoms with Crippen LogP contribution in [0.15, 0.2) is 51.4 Å². The van der Waals surface area contributed by atoms with Gasteiger partial charge in [-0.25, -0.2) is 8.78 Å². The van der Waals surface area contributed by atoms with E-state index in [9.17, 15) is 8.78 Å². The van der Waals surface area contributed by atoms with Gasteiger partial charge in [-0.1, -0.05) is 6.07 Å². The molecule has 0 aliphatic carbocycles. The fourth-order valence-electron chi connectivity index (χ4n) is 2.34. The molecule has 2 aromatic carbocycles. The van der Waals surface area contributed by atoms with Crippen molar-refractivity contribution in [1.29, 1.82) is 0 Å². The van der Waals surface area contributed by atoms with Gasteiger partial charge in [-0.2, -0.15) is 0 Å². The first-order valence-corrected chi connectivity index (χ1v) is 7.19. The third-order valence-corrected chi connectivity index (χ3v) is 3.99. The van der Waals surface area contributed by atoms with Crippen molar-refractivity contribution in [2.24, 2.45) is 0 Å². The number of hydrogen-bond donors (Lipinski definition) is 1. The Morgan fingerprint density at radius 2 is 1.90 bits per heavy atom. The van der Waals surface area contributed by atoms with Crippen molar-refractivity contribution in [2.75, 3.05) is 7.05 Å². The summed E-state index contributed by atoms with van der Waals surface area (Å²) in [4.78, 5) is 0. The normalized spacial score (nSPS) is 12.8. The molecule has 2 nitrogen and oxygen atoms in total. The molecule has 0 saturated heterocycles. The first-order valence-electron chi connectivity index (χ1n) is 6.39. The van der Waals surface area contributed by atoms with Crippen LogP contribution in [0.5, 0.6) is 0 Å². The predicted octanol–water partition coefficient (Wildman–Crippen LogP) is 4.78. The maximum Gasteiger partial charge on any atom is 0.137 e. The Labute approximate surface area is 128 Å². The molecule has 1 unspecified atom stereocenters. The lowest BCUT2D eigenvalue weighted by Gasteiger charge is -2.14. The van der Waals surface area contributed by atoms with Crippen molar-refractivity contribution in [2.45, 2.75) is 6.04 Å². The summed E-state index contributed by atoms with van der Waals surface area (Å²) in [5, 5.41) is 3.77. The Morgan fingerprint density at radius 3 is 2.62 bits per heavy atom. The highest BCUT2D eigenvalue weighted by molar-refractivity contribution is 9.10. The van der Waals surface area contributed by atoms with Gasteiger partial charge in [-0.05, 0) is 64.9 Å². The second-order valence-corrected chi connectivity index (χ2v) is 5.58. The van der Waals surface area contributed by atoms with E-state index in [0.717, 1.165) is 5.56 Å². The first-order chi connectivity index (χ1) is 10.1. The van der Waals surface area contributed by atoms with Crippen LogP contribution in [0.3, 0.4) is 0 Å². The number of nitrogens with one attached hydrogen (secondary N) is 1. The molecule has 5 heteroatoms. The van der Waals surface area contributed by atoms with Crippen molar-refractivity contribution in [3.63, 3.8) is 0 Å². The number of halogens is 3. The monoisotopic (exact) mass is 351 g/mol. The summed E-state index contributed by atoms with van der Waals surface area (Å²) in [6, 6.07) is 10.7.